The standard InChI is InChI=1S/C4H4O5S.CH5N3/c5-10(6,7)9-4-2-1-3-8-4;2-1(3)4/h1-3H,(H,5,6,7);(H5,2,3,4). The number of hydrogen-bond donors (Lipinski definition) is 4. The maximum atomic E-state index is 9.97. The number of rotatable bonds is 2. The second kappa shape index (κ2) is 5.09. The number of hydrogen-bond acceptors (Lipinski definition) is 5. The molecule has 1 heterocycles. The fourth-order valence-electron chi connectivity index (χ4n) is 0.415. The Morgan fingerprint density at radius 2 is 2.07 bits per heavy atom. The zero-order valence-corrected chi connectivity index (χ0v) is 7.69. The lowest BCUT2D eigenvalue weighted by Crippen LogP contribution is -2.20. The molecule has 0 radical (unpaired) electrons. The summed E-state index contributed by atoms with van der Waals surface area (Å²) in [5.74, 6) is -0.595. The van der Waals surface area contributed by atoms with E-state index < -0.39 is 10.4 Å². The van der Waals surface area contributed by atoms with Gasteiger partial charge in [-0.2, -0.15) is 8.42 Å². The van der Waals surface area contributed by atoms with E-state index in [1.54, 1.807) is 0 Å². The number of nitrogens with one attached hydrogen (secondary N) is 1. The molecule has 0 saturated carbocycles. The Hall–Kier alpha value is -1.74. The zero-order valence-electron chi connectivity index (χ0n) is 6.88. The van der Waals surface area contributed by atoms with Gasteiger partial charge in [0.15, 0.2) is 5.96 Å². The average molecular weight is 223 g/mol. The first-order valence-corrected chi connectivity index (χ1v) is 4.47. The van der Waals surface area contributed by atoms with Gasteiger partial charge in [0, 0.05) is 6.07 Å². The molecule has 1 aromatic rings. The molecular formula is C5H9N3O5S. The molecule has 0 bridgehead atoms. The molecule has 8 nitrogen and oxygen atoms in total. The summed E-state index contributed by atoms with van der Waals surface area (Å²) in [5.41, 5.74) is 8.94. The van der Waals surface area contributed by atoms with Crippen molar-refractivity contribution in [3.05, 3.63) is 18.4 Å². The first-order valence-electron chi connectivity index (χ1n) is 3.11. The lowest BCUT2D eigenvalue weighted by Gasteiger charge is -1.92. The fraction of sp³-hybridized carbons (Fsp3) is 0. The Bertz CT molecular complexity index is 366. The minimum atomic E-state index is -4.44. The number of guanidine groups is 1. The van der Waals surface area contributed by atoms with Gasteiger partial charge in [0.2, 0.25) is 0 Å². The van der Waals surface area contributed by atoms with E-state index in [9.17, 15) is 8.42 Å². The fourth-order valence-corrected chi connectivity index (χ4v) is 0.717. The van der Waals surface area contributed by atoms with Crippen LogP contribution in [-0.2, 0) is 10.4 Å². The molecule has 0 spiro atoms. The molecule has 0 aromatic carbocycles. The van der Waals surface area contributed by atoms with Crippen LogP contribution in [-0.4, -0.2) is 18.9 Å². The lowest BCUT2D eigenvalue weighted by molar-refractivity contribution is 0.333. The van der Waals surface area contributed by atoms with Crippen LogP contribution in [0.4, 0.5) is 0 Å². The third-order valence-electron chi connectivity index (χ3n) is 0.683. The molecule has 0 aliphatic rings. The maximum Gasteiger partial charge on any atom is 0.449 e. The van der Waals surface area contributed by atoms with Crippen LogP contribution in [0.25, 0.3) is 0 Å². The van der Waals surface area contributed by atoms with E-state index in [0.29, 0.717) is 0 Å². The second-order valence-electron chi connectivity index (χ2n) is 1.90. The molecule has 1 rings (SSSR count). The Morgan fingerprint density at radius 3 is 2.36 bits per heavy atom. The quantitative estimate of drug-likeness (QED) is 0.293. The van der Waals surface area contributed by atoms with Crippen LogP contribution >= 0.6 is 0 Å². The van der Waals surface area contributed by atoms with Gasteiger partial charge in [-0.25, -0.2) is 0 Å². The minimum absolute atomic E-state index is 0.262. The minimum Gasteiger partial charge on any atom is -0.433 e. The van der Waals surface area contributed by atoms with Crippen molar-refractivity contribution in [2.45, 2.75) is 0 Å². The van der Waals surface area contributed by atoms with Crippen molar-refractivity contribution in [2.24, 2.45) is 11.5 Å². The lowest BCUT2D eigenvalue weighted by atomic mass is 10.7. The highest BCUT2D eigenvalue weighted by Gasteiger charge is 2.07. The number of furan rings is 1. The van der Waals surface area contributed by atoms with Crippen molar-refractivity contribution in [3.63, 3.8) is 0 Å². The molecule has 80 valence electrons. The van der Waals surface area contributed by atoms with Gasteiger partial charge in [0.05, 0.1) is 6.26 Å². The van der Waals surface area contributed by atoms with Gasteiger partial charge in [0.1, 0.15) is 0 Å². The van der Waals surface area contributed by atoms with Crippen molar-refractivity contribution in [2.75, 3.05) is 0 Å². The highest BCUT2D eigenvalue weighted by Crippen LogP contribution is 2.11. The normalized spacial score (nSPS) is 9.79. The van der Waals surface area contributed by atoms with Crippen molar-refractivity contribution < 1.29 is 21.6 Å². The Morgan fingerprint density at radius 1 is 1.57 bits per heavy atom. The predicted molar refractivity (Wildman–Crippen MR) is 47.0 cm³/mol. The van der Waals surface area contributed by atoms with E-state index in [1.807, 2.05) is 0 Å². The summed E-state index contributed by atoms with van der Waals surface area (Å²) in [6.07, 6.45) is 1.22. The van der Waals surface area contributed by atoms with E-state index in [-0.39, 0.29) is 11.9 Å². The summed E-state index contributed by atoms with van der Waals surface area (Å²) in [7, 11) is -4.44. The van der Waals surface area contributed by atoms with Crippen molar-refractivity contribution in [3.8, 4) is 5.95 Å². The van der Waals surface area contributed by atoms with Crippen LogP contribution in [0.3, 0.4) is 0 Å². The largest absolute Gasteiger partial charge is 0.449 e. The smallest absolute Gasteiger partial charge is 0.433 e. The van der Waals surface area contributed by atoms with Crippen molar-refractivity contribution in [1.29, 1.82) is 5.41 Å². The van der Waals surface area contributed by atoms with Gasteiger partial charge in [-0.05, 0) is 6.07 Å². The first-order chi connectivity index (χ1) is 6.31. The topological polar surface area (TPSA) is 153 Å². The highest BCUT2D eigenvalue weighted by molar-refractivity contribution is 7.81. The third-order valence-corrected chi connectivity index (χ3v) is 1.06. The molecule has 0 fully saturated rings. The summed E-state index contributed by atoms with van der Waals surface area (Å²) >= 11 is 0. The van der Waals surface area contributed by atoms with E-state index in [2.05, 4.69) is 20.1 Å². The van der Waals surface area contributed by atoms with Gasteiger partial charge in [-0.15, -0.1) is 0 Å². The van der Waals surface area contributed by atoms with Crippen LogP contribution in [0.5, 0.6) is 5.95 Å². The van der Waals surface area contributed by atoms with Gasteiger partial charge >= 0.3 is 16.3 Å². The second-order valence-corrected chi connectivity index (χ2v) is 2.92. The van der Waals surface area contributed by atoms with E-state index in [4.69, 9.17) is 9.96 Å². The monoisotopic (exact) mass is 223 g/mol. The number of nitrogens with two attached hydrogens (primary N) is 2. The van der Waals surface area contributed by atoms with Gasteiger partial charge in [0.25, 0.3) is 0 Å². The van der Waals surface area contributed by atoms with Crippen LogP contribution in [0.15, 0.2) is 22.8 Å². The highest BCUT2D eigenvalue weighted by atomic mass is 32.3. The Kier molecular flexibility index (Phi) is 4.46. The molecule has 9 heteroatoms. The zero-order chi connectivity index (χ0) is 11.2. The first kappa shape index (κ1) is 12.3. The SMILES string of the molecule is N=C(N)N.O=S(=O)(O)Oc1ccco1. The molecule has 0 saturated heterocycles. The van der Waals surface area contributed by atoms with Gasteiger partial charge < -0.3 is 20.1 Å². The van der Waals surface area contributed by atoms with Crippen LogP contribution in [0, 0.1) is 5.41 Å². The van der Waals surface area contributed by atoms with Gasteiger partial charge in [-0.3, -0.25) is 9.96 Å². The van der Waals surface area contributed by atoms with E-state index in [1.165, 1.54) is 18.4 Å². The van der Waals surface area contributed by atoms with Crippen molar-refractivity contribution in [1.82, 2.24) is 0 Å². The van der Waals surface area contributed by atoms with E-state index >= 15 is 0 Å². The molecule has 1 aromatic heterocycles. The summed E-state index contributed by atoms with van der Waals surface area (Å²) in [5, 5.41) is 6.06. The molecule has 0 aliphatic heterocycles. The molecule has 0 unspecified atom stereocenters. The molecule has 0 aliphatic carbocycles. The summed E-state index contributed by atoms with van der Waals surface area (Å²) in [4.78, 5) is 0. The summed E-state index contributed by atoms with van der Waals surface area (Å²) in [6, 6.07) is 2.69. The average Bonchev–Trinajstić information content (AvgIpc) is 2.33. The van der Waals surface area contributed by atoms with Crippen LogP contribution in [0.1, 0.15) is 0 Å². The van der Waals surface area contributed by atoms with Gasteiger partial charge in [-0.1, -0.05) is 0 Å². The van der Waals surface area contributed by atoms with Crippen LogP contribution in [0.2, 0.25) is 0 Å². The molecule has 0 amide bonds. The predicted octanol–water partition coefficient (Wildman–Crippen LogP) is -0.700. The van der Waals surface area contributed by atoms with Crippen molar-refractivity contribution >= 4 is 16.4 Å². The van der Waals surface area contributed by atoms with Crippen LogP contribution < -0.4 is 15.7 Å². The third kappa shape index (κ3) is 8.36. The summed E-state index contributed by atoms with van der Waals surface area (Å²) < 4.78 is 36.4. The molecule has 0 atom stereocenters. The Labute approximate surface area is 79.9 Å². The van der Waals surface area contributed by atoms with E-state index in [0.717, 1.165) is 0 Å². The summed E-state index contributed by atoms with van der Waals surface area (Å²) in [6.45, 7) is 0. The Balaban J connectivity index is 0.000000364. The molecular weight excluding hydrogens is 214 g/mol. The maximum absolute atomic E-state index is 9.97. The molecule has 6 N–H and O–H groups in total. The molecule has 14 heavy (non-hydrogen) atoms.